The minimum Gasteiger partial charge on any atom is -0.395 e. The van der Waals surface area contributed by atoms with Gasteiger partial charge in [0, 0.05) is 0 Å². The molecule has 1 aliphatic rings. The molecule has 1 nitrogen and oxygen atoms in total. The summed E-state index contributed by atoms with van der Waals surface area (Å²) in [5.74, 6) is 0. The van der Waals surface area contributed by atoms with Gasteiger partial charge in [0.15, 0.2) is 0 Å². The third-order valence-corrected chi connectivity index (χ3v) is 3.99. The molecule has 1 unspecified atom stereocenters. The quantitative estimate of drug-likeness (QED) is 0.737. The Balaban J connectivity index is 2.84. The second-order valence-electron chi connectivity index (χ2n) is 2.62. The molecule has 11 heavy (non-hydrogen) atoms. The second-order valence-corrected chi connectivity index (χ2v) is 6.39. The van der Waals surface area contributed by atoms with E-state index in [4.69, 9.17) is 5.11 Å². The van der Waals surface area contributed by atoms with Crippen molar-refractivity contribution in [1.82, 2.24) is 0 Å². The summed E-state index contributed by atoms with van der Waals surface area (Å²) in [5, 5.41) is 8.55. The minimum absolute atomic E-state index is 0.125. The van der Waals surface area contributed by atoms with E-state index < -0.39 is 21.4 Å². The van der Waals surface area contributed by atoms with Crippen LogP contribution in [0.1, 0.15) is 6.42 Å². The van der Waals surface area contributed by atoms with Crippen LogP contribution in [-0.4, -0.2) is 21.1 Å². The molecule has 0 radical (unpaired) electrons. The summed E-state index contributed by atoms with van der Waals surface area (Å²) in [6, 6.07) is 0. The second kappa shape index (κ2) is 2.35. The van der Waals surface area contributed by atoms with E-state index in [2.05, 4.69) is 31.9 Å². The van der Waals surface area contributed by atoms with Crippen LogP contribution in [0.25, 0.3) is 0 Å². The number of aliphatic hydroxyl groups is 1. The Bertz CT molecular complexity index is 179. The molecule has 1 N–H and O–H groups in total. The van der Waals surface area contributed by atoms with Gasteiger partial charge in [0.25, 0.3) is 0 Å². The van der Waals surface area contributed by atoms with Crippen LogP contribution in [-0.2, 0) is 0 Å². The fourth-order valence-electron chi connectivity index (χ4n) is 0.904. The van der Waals surface area contributed by atoms with Gasteiger partial charge in [-0.05, 0) is 6.42 Å². The molecule has 1 saturated carbocycles. The van der Waals surface area contributed by atoms with Crippen LogP contribution < -0.4 is 0 Å². The van der Waals surface area contributed by atoms with Gasteiger partial charge in [0.1, 0.15) is 5.41 Å². The van der Waals surface area contributed by atoms with Crippen molar-refractivity contribution in [3.05, 3.63) is 0 Å². The molecule has 0 saturated heterocycles. The van der Waals surface area contributed by atoms with E-state index in [1.54, 1.807) is 0 Å². The maximum Gasteiger partial charge on any atom is 0.398 e. The molecule has 0 spiro atoms. The first-order chi connectivity index (χ1) is 4.77. The van der Waals surface area contributed by atoms with Gasteiger partial charge in [-0.1, -0.05) is 31.9 Å². The lowest BCUT2D eigenvalue weighted by atomic mass is 10.1. The highest BCUT2D eigenvalue weighted by molar-refractivity contribution is 9.25. The fourth-order valence-corrected chi connectivity index (χ4v) is 2.56. The summed E-state index contributed by atoms with van der Waals surface area (Å²) in [4.78, 5) is 0. The molecule has 1 fully saturated rings. The summed E-state index contributed by atoms with van der Waals surface area (Å²) < 4.78 is 35.4. The Morgan fingerprint density at radius 2 is 1.73 bits per heavy atom. The summed E-state index contributed by atoms with van der Waals surface area (Å²) in [7, 11) is 0. The van der Waals surface area contributed by atoms with E-state index in [1.165, 1.54) is 0 Å². The molecule has 1 atom stereocenters. The molecular weight excluding hydrogens is 293 g/mol. The average molecular weight is 298 g/mol. The maximum absolute atomic E-state index is 12.2. The van der Waals surface area contributed by atoms with Crippen LogP contribution in [0.4, 0.5) is 13.2 Å². The first-order valence-electron chi connectivity index (χ1n) is 2.82. The van der Waals surface area contributed by atoms with E-state index in [1.807, 2.05) is 0 Å². The van der Waals surface area contributed by atoms with Crippen LogP contribution >= 0.6 is 31.9 Å². The average Bonchev–Trinajstić information content (AvgIpc) is 2.33. The highest BCUT2D eigenvalue weighted by Crippen LogP contribution is 2.72. The molecule has 66 valence electrons. The monoisotopic (exact) mass is 296 g/mol. The lowest BCUT2D eigenvalue weighted by Crippen LogP contribution is -2.32. The van der Waals surface area contributed by atoms with Gasteiger partial charge < -0.3 is 5.11 Å². The SMILES string of the molecule is OCC1(C(F)(F)F)CC1(Br)Br. The number of alkyl halides is 5. The molecule has 0 aromatic heterocycles. The number of rotatable bonds is 1. The largest absolute Gasteiger partial charge is 0.398 e. The zero-order valence-corrected chi connectivity index (χ0v) is 8.42. The normalized spacial score (nSPS) is 35.5. The molecular formula is C5H5Br2F3O. The molecule has 0 aromatic carbocycles. The van der Waals surface area contributed by atoms with Crippen LogP contribution in [0.5, 0.6) is 0 Å². The van der Waals surface area contributed by atoms with E-state index >= 15 is 0 Å². The number of aliphatic hydroxyl groups excluding tert-OH is 1. The van der Waals surface area contributed by atoms with E-state index in [0.717, 1.165) is 0 Å². The highest BCUT2D eigenvalue weighted by Gasteiger charge is 2.78. The van der Waals surface area contributed by atoms with Crippen molar-refractivity contribution in [2.75, 3.05) is 6.61 Å². The van der Waals surface area contributed by atoms with Crippen LogP contribution in [0.3, 0.4) is 0 Å². The van der Waals surface area contributed by atoms with Gasteiger partial charge >= 0.3 is 6.18 Å². The van der Waals surface area contributed by atoms with Gasteiger partial charge in [0.05, 0.1) is 9.84 Å². The maximum atomic E-state index is 12.2. The summed E-state index contributed by atoms with van der Waals surface area (Å²) in [6.45, 7) is -0.882. The highest BCUT2D eigenvalue weighted by atomic mass is 79.9. The van der Waals surface area contributed by atoms with Crippen molar-refractivity contribution in [1.29, 1.82) is 0 Å². The Hall–Kier alpha value is 0.710. The van der Waals surface area contributed by atoms with Crippen molar-refractivity contribution in [3.8, 4) is 0 Å². The van der Waals surface area contributed by atoms with Crippen LogP contribution in [0.15, 0.2) is 0 Å². The number of halogens is 5. The zero-order valence-electron chi connectivity index (χ0n) is 5.25. The Morgan fingerprint density at radius 3 is 1.73 bits per heavy atom. The lowest BCUT2D eigenvalue weighted by Gasteiger charge is -2.18. The summed E-state index contributed by atoms with van der Waals surface area (Å²) >= 11 is 5.68. The molecule has 1 aliphatic carbocycles. The van der Waals surface area contributed by atoms with Crippen molar-refractivity contribution in [2.24, 2.45) is 5.41 Å². The molecule has 0 heterocycles. The van der Waals surface area contributed by atoms with E-state index in [-0.39, 0.29) is 6.42 Å². The first-order valence-corrected chi connectivity index (χ1v) is 4.41. The summed E-state index contributed by atoms with van der Waals surface area (Å²) in [6.07, 6.45) is -4.48. The van der Waals surface area contributed by atoms with Gasteiger partial charge in [-0.15, -0.1) is 0 Å². The Morgan fingerprint density at radius 1 is 1.36 bits per heavy atom. The summed E-state index contributed by atoms with van der Waals surface area (Å²) in [5.41, 5.74) is -1.99. The van der Waals surface area contributed by atoms with Crippen molar-refractivity contribution < 1.29 is 18.3 Å². The van der Waals surface area contributed by atoms with E-state index in [0.29, 0.717) is 0 Å². The molecule has 0 bridgehead atoms. The molecule has 1 rings (SSSR count). The first kappa shape index (κ1) is 9.80. The smallest absolute Gasteiger partial charge is 0.395 e. The zero-order chi connectivity index (χ0) is 8.91. The fraction of sp³-hybridized carbons (Fsp3) is 1.00. The topological polar surface area (TPSA) is 20.2 Å². The third kappa shape index (κ3) is 1.23. The third-order valence-electron chi connectivity index (χ3n) is 1.91. The molecule has 6 heteroatoms. The number of hydrogen-bond acceptors (Lipinski definition) is 1. The van der Waals surface area contributed by atoms with Gasteiger partial charge in [-0.3, -0.25) is 0 Å². The number of hydrogen-bond donors (Lipinski definition) is 1. The van der Waals surface area contributed by atoms with Gasteiger partial charge in [0.2, 0.25) is 0 Å². The van der Waals surface area contributed by atoms with E-state index in [9.17, 15) is 13.2 Å². The predicted octanol–water partition coefficient (Wildman–Crippen LogP) is 2.42. The van der Waals surface area contributed by atoms with Crippen molar-refractivity contribution in [3.63, 3.8) is 0 Å². The Kier molecular flexibility index (Phi) is 2.10. The Labute approximate surface area is 78.2 Å². The van der Waals surface area contributed by atoms with Crippen molar-refractivity contribution in [2.45, 2.75) is 15.8 Å². The minimum atomic E-state index is -4.35. The van der Waals surface area contributed by atoms with Crippen LogP contribution in [0.2, 0.25) is 0 Å². The van der Waals surface area contributed by atoms with Crippen molar-refractivity contribution >= 4 is 31.9 Å². The lowest BCUT2D eigenvalue weighted by molar-refractivity contribution is -0.196. The standard InChI is InChI=1S/C5H5Br2F3O/c6-4(7)1-3(4,2-11)5(8,9)10/h11H,1-2H2. The van der Waals surface area contributed by atoms with Gasteiger partial charge in [-0.25, -0.2) is 0 Å². The molecule has 0 aliphatic heterocycles. The van der Waals surface area contributed by atoms with Gasteiger partial charge in [-0.2, -0.15) is 13.2 Å². The predicted molar refractivity (Wildman–Crippen MR) is 40.8 cm³/mol. The molecule has 0 amide bonds. The molecule has 0 aromatic rings. The van der Waals surface area contributed by atoms with Crippen LogP contribution in [0, 0.1) is 5.41 Å².